The van der Waals surface area contributed by atoms with Crippen molar-refractivity contribution < 1.29 is 14.3 Å². The van der Waals surface area contributed by atoms with Crippen LogP contribution in [0.3, 0.4) is 0 Å². The van der Waals surface area contributed by atoms with Crippen molar-refractivity contribution >= 4 is 5.91 Å². The minimum atomic E-state index is -0.379. The van der Waals surface area contributed by atoms with Gasteiger partial charge in [0.05, 0.1) is 18.5 Å². The molecule has 6 nitrogen and oxygen atoms in total. The first-order valence-corrected chi connectivity index (χ1v) is 7.31. The van der Waals surface area contributed by atoms with Gasteiger partial charge in [-0.15, -0.1) is 5.10 Å². The number of aliphatic hydroxyl groups is 1. The lowest BCUT2D eigenvalue weighted by Crippen LogP contribution is -2.23. The maximum Gasteiger partial charge on any atom is 0.273 e. The number of carbonyl (C=O) groups excluding carboxylic acids is 1. The van der Waals surface area contributed by atoms with E-state index in [9.17, 15) is 14.3 Å². The van der Waals surface area contributed by atoms with E-state index in [1.807, 2.05) is 18.2 Å². The van der Waals surface area contributed by atoms with E-state index in [0.29, 0.717) is 5.69 Å². The molecule has 0 radical (unpaired) electrons. The number of nitrogens with zero attached hydrogens (tertiary/aromatic N) is 3. The number of hydrogen-bond donors (Lipinski definition) is 2. The van der Waals surface area contributed by atoms with Gasteiger partial charge in [-0.05, 0) is 35.4 Å². The van der Waals surface area contributed by atoms with Crippen LogP contribution in [0, 0.1) is 5.82 Å². The van der Waals surface area contributed by atoms with Crippen LogP contribution in [0.4, 0.5) is 4.39 Å². The topological polar surface area (TPSA) is 80.0 Å². The highest BCUT2D eigenvalue weighted by molar-refractivity contribution is 5.91. The zero-order chi connectivity index (χ0) is 16.9. The molecule has 0 spiro atoms. The Balaban J connectivity index is 1.69. The van der Waals surface area contributed by atoms with E-state index in [2.05, 4.69) is 15.6 Å². The Morgan fingerprint density at radius 1 is 1.12 bits per heavy atom. The molecule has 0 aliphatic heterocycles. The summed E-state index contributed by atoms with van der Waals surface area (Å²) in [5.74, 6) is -0.726. The van der Waals surface area contributed by atoms with Crippen LogP contribution in [0.15, 0.2) is 54.7 Å². The number of nitrogens with one attached hydrogen (secondary N) is 1. The summed E-state index contributed by atoms with van der Waals surface area (Å²) in [5.41, 5.74) is 2.35. The average molecular weight is 326 g/mol. The summed E-state index contributed by atoms with van der Waals surface area (Å²) in [7, 11) is 0. The molecule has 0 saturated heterocycles. The minimum absolute atomic E-state index is 0.0905. The SMILES string of the molecule is O=C(NCc1ccccc1CO)c1cn(-c2ccc(F)cc2)nn1. The Morgan fingerprint density at radius 2 is 1.83 bits per heavy atom. The molecule has 24 heavy (non-hydrogen) atoms. The molecule has 1 aromatic heterocycles. The molecule has 122 valence electrons. The Kier molecular flexibility index (Phi) is 4.62. The first kappa shape index (κ1) is 15.8. The monoisotopic (exact) mass is 326 g/mol. The van der Waals surface area contributed by atoms with Crippen molar-refractivity contribution in [3.05, 3.63) is 77.4 Å². The predicted molar refractivity (Wildman–Crippen MR) is 84.9 cm³/mol. The van der Waals surface area contributed by atoms with Gasteiger partial charge in [0.2, 0.25) is 0 Å². The van der Waals surface area contributed by atoms with E-state index in [1.54, 1.807) is 18.2 Å². The van der Waals surface area contributed by atoms with Gasteiger partial charge in [0.25, 0.3) is 5.91 Å². The van der Waals surface area contributed by atoms with Crippen molar-refractivity contribution in [2.75, 3.05) is 0 Å². The van der Waals surface area contributed by atoms with Gasteiger partial charge in [0.15, 0.2) is 5.69 Å². The Bertz CT molecular complexity index is 846. The smallest absolute Gasteiger partial charge is 0.273 e. The number of carbonyl (C=O) groups is 1. The van der Waals surface area contributed by atoms with Crippen LogP contribution in [-0.2, 0) is 13.2 Å². The van der Waals surface area contributed by atoms with E-state index in [4.69, 9.17) is 0 Å². The maximum absolute atomic E-state index is 12.9. The maximum atomic E-state index is 12.9. The molecular formula is C17H15FN4O2. The number of benzene rings is 2. The second-order valence-electron chi connectivity index (χ2n) is 5.13. The molecule has 0 aliphatic carbocycles. The summed E-state index contributed by atoms with van der Waals surface area (Å²) in [6.07, 6.45) is 1.47. The van der Waals surface area contributed by atoms with Crippen molar-refractivity contribution in [3.63, 3.8) is 0 Å². The van der Waals surface area contributed by atoms with Gasteiger partial charge in [-0.2, -0.15) is 0 Å². The molecule has 0 atom stereocenters. The fourth-order valence-corrected chi connectivity index (χ4v) is 2.24. The van der Waals surface area contributed by atoms with Crippen molar-refractivity contribution in [1.82, 2.24) is 20.3 Å². The van der Waals surface area contributed by atoms with Gasteiger partial charge < -0.3 is 10.4 Å². The van der Waals surface area contributed by atoms with Gasteiger partial charge in [0, 0.05) is 6.54 Å². The fraction of sp³-hybridized carbons (Fsp3) is 0.118. The highest BCUT2D eigenvalue weighted by atomic mass is 19.1. The Hall–Kier alpha value is -3.06. The van der Waals surface area contributed by atoms with Crippen molar-refractivity contribution in [3.8, 4) is 5.69 Å². The fourth-order valence-electron chi connectivity index (χ4n) is 2.24. The standard InChI is InChI=1S/C17H15FN4O2/c18-14-5-7-15(8-6-14)22-10-16(20-21-22)17(24)19-9-12-3-1-2-4-13(12)11-23/h1-8,10,23H,9,11H2,(H,19,24). The van der Waals surface area contributed by atoms with Crippen LogP contribution in [0.25, 0.3) is 5.69 Å². The Labute approximate surface area is 137 Å². The van der Waals surface area contributed by atoms with E-state index < -0.39 is 0 Å². The summed E-state index contributed by atoms with van der Waals surface area (Å²) in [6.45, 7) is 0.186. The average Bonchev–Trinajstić information content (AvgIpc) is 3.10. The first-order chi connectivity index (χ1) is 11.7. The Morgan fingerprint density at radius 3 is 2.54 bits per heavy atom. The van der Waals surface area contributed by atoms with Gasteiger partial charge in [-0.25, -0.2) is 9.07 Å². The summed E-state index contributed by atoms with van der Waals surface area (Å²) in [6, 6.07) is 13.0. The number of rotatable bonds is 5. The third-order valence-electron chi connectivity index (χ3n) is 3.55. The summed E-state index contributed by atoms with van der Waals surface area (Å²) >= 11 is 0. The van der Waals surface area contributed by atoms with Crippen molar-refractivity contribution in [2.24, 2.45) is 0 Å². The number of hydrogen-bond acceptors (Lipinski definition) is 4. The van der Waals surface area contributed by atoms with Gasteiger partial charge in [-0.1, -0.05) is 29.5 Å². The molecule has 0 aliphatic rings. The van der Waals surface area contributed by atoms with Gasteiger partial charge in [0.1, 0.15) is 5.82 Å². The van der Waals surface area contributed by atoms with E-state index in [1.165, 1.54) is 23.0 Å². The summed E-state index contributed by atoms with van der Waals surface area (Å²) in [4.78, 5) is 12.2. The molecular weight excluding hydrogens is 311 g/mol. The molecule has 0 bridgehead atoms. The van der Waals surface area contributed by atoms with E-state index in [0.717, 1.165) is 11.1 Å². The largest absolute Gasteiger partial charge is 0.392 e. The molecule has 0 saturated carbocycles. The minimum Gasteiger partial charge on any atom is -0.392 e. The van der Waals surface area contributed by atoms with Gasteiger partial charge >= 0.3 is 0 Å². The number of halogens is 1. The molecule has 1 amide bonds. The van der Waals surface area contributed by atoms with Crippen LogP contribution in [0.1, 0.15) is 21.6 Å². The van der Waals surface area contributed by atoms with Crippen LogP contribution in [0.2, 0.25) is 0 Å². The molecule has 2 N–H and O–H groups in total. The van der Waals surface area contributed by atoms with Crippen molar-refractivity contribution in [1.29, 1.82) is 0 Å². The lowest BCUT2D eigenvalue weighted by Gasteiger charge is -2.07. The second kappa shape index (κ2) is 7.01. The molecule has 0 unspecified atom stereocenters. The normalized spacial score (nSPS) is 10.6. The van der Waals surface area contributed by atoms with E-state index in [-0.39, 0.29) is 30.6 Å². The zero-order valence-electron chi connectivity index (χ0n) is 12.7. The molecule has 2 aromatic carbocycles. The molecule has 7 heteroatoms. The summed E-state index contributed by atoms with van der Waals surface area (Å²) < 4.78 is 14.3. The highest BCUT2D eigenvalue weighted by Gasteiger charge is 2.12. The number of amides is 1. The molecule has 3 rings (SSSR count). The van der Waals surface area contributed by atoms with E-state index >= 15 is 0 Å². The lowest BCUT2D eigenvalue weighted by molar-refractivity contribution is 0.0945. The molecule has 3 aromatic rings. The predicted octanol–water partition coefficient (Wildman–Crippen LogP) is 1.83. The van der Waals surface area contributed by atoms with Crippen LogP contribution < -0.4 is 5.32 Å². The van der Waals surface area contributed by atoms with Crippen LogP contribution in [-0.4, -0.2) is 26.0 Å². The zero-order valence-corrected chi connectivity index (χ0v) is 12.7. The number of aliphatic hydroxyl groups excluding tert-OH is 1. The van der Waals surface area contributed by atoms with Crippen molar-refractivity contribution in [2.45, 2.75) is 13.2 Å². The van der Waals surface area contributed by atoms with Crippen LogP contribution in [0.5, 0.6) is 0 Å². The molecule has 1 heterocycles. The third-order valence-corrected chi connectivity index (χ3v) is 3.55. The lowest BCUT2D eigenvalue weighted by atomic mass is 10.1. The first-order valence-electron chi connectivity index (χ1n) is 7.31. The second-order valence-corrected chi connectivity index (χ2v) is 5.13. The quantitative estimate of drug-likeness (QED) is 0.749. The molecule has 0 fully saturated rings. The highest BCUT2D eigenvalue weighted by Crippen LogP contribution is 2.10. The van der Waals surface area contributed by atoms with Gasteiger partial charge in [-0.3, -0.25) is 4.79 Å². The summed E-state index contributed by atoms with van der Waals surface area (Å²) in [5, 5.41) is 19.7. The third kappa shape index (κ3) is 3.47. The number of aromatic nitrogens is 3. The van der Waals surface area contributed by atoms with Crippen LogP contribution >= 0.6 is 0 Å².